The number of hydrogen-bond acceptors (Lipinski definition) is 5. The molecule has 0 bridgehead atoms. The largest absolute Gasteiger partial charge is 0.525 e. The van der Waals surface area contributed by atoms with E-state index < -0.39 is 24.0 Å². The van der Waals surface area contributed by atoms with E-state index in [4.69, 9.17) is 9.31 Å². The quantitative estimate of drug-likeness (QED) is 0.737. The normalized spacial score (nSPS) is 24.7. The topological polar surface area (TPSA) is 69.5 Å². The maximum Gasteiger partial charge on any atom is 0.525 e. The summed E-state index contributed by atoms with van der Waals surface area (Å²) in [6.07, 6.45) is 4.48. The lowest BCUT2D eigenvalue weighted by molar-refractivity contribution is -0.129. The molecule has 2 fully saturated rings. The van der Waals surface area contributed by atoms with Gasteiger partial charge in [0.25, 0.3) is 0 Å². The zero-order valence-electron chi connectivity index (χ0n) is 16.7. The minimum atomic E-state index is -1.04. The molecule has 3 rings (SSSR count). The van der Waals surface area contributed by atoms with Crippen LogP contribution in [-0.4, -0.2) is 57.2 Å². The van der Waals surface area contributed by atoms with Crippen molar-refractivity contribution in [2.75, 3.05) is 13.1 Å². The zero-order chi connectivity index (χ0) is 19.8. The Morgan fingerprint density at radius 2 is 2.04 bits per heavy atom. The number of halogens is 1. The summed E-state index contributed by atoms with van der Waals surface area (Å²) in [7, 11) is -1.04. The van der Waals surface area contributed by atoms with Gasteiger partial charge in [0.05, 0.1) is 17.4 Å². The monoisotopic (exact) mass is 378 g/mol. The molecule has 1 atom stereocenters. The third-order valence-corrected chi connectivity index (χ3v) is 5.71. The lowest BCUT2D eigenvalue weighted by atomic mass is 9.87. The van der Waals surface area contributed by atoms with Crippen LogP contribution in [0.15, 0.2) is 11.9 Å². The van der Waals surface area contributed by atoms with Gasteiger partial charge in [-0.2, -0.15) is 0 Å². The molecule has 27 heavy (non-hydrogen) atoms. The number of amides is 1. The molecule has 0 aliphatic carbocycles. The fourth-order valence-electron chi connectivity index (χ4n) is 3.33. The van der Waals surface area contributed by atoms with Gasteiger partial charge >= 0.3 is 7.12 Å². The molecule has 0 saturated carbocycles. The third kappa shape index (κ3) is 4.24. The van der Waals surface area contributed by atoms with Gasteiger partial charge < -0.3 is 14.2 Å². The predicted molar refractivity (Wildman–Crippen MR) is 100 cm³/mol. The van der Waals surface area contributed by atoms with Gasteiger partial charge in [-0.25, -0.2) is 4.39 Å². The first-order valence-electron chi connectivity index (χ1n) is 9.52. The summed E-state index contributed by atoms with van der Waals surface area (Å²) < 4.78 is 27.7. The van der Waals surface area contributed by atoms with E-state index in [9.17, 15) is 9.18 Å². The Bertz CT molecular complexity index is 718. The number of rotatable bonds is 5. The van der Waals surface area contributed by atoms with Crippen molar-refractivity contribution in [2.24, 2.45) is 5.92 Å². The SMILES string of the molecule is CCC(=O)N1CCC(Cn2cc(C=C(F)B3OC(C)(C)C(C)(C)O3)nn2)C1. The molecule has 7 nitrogen and oxygen atoms in total. The van der Waals surface area contributed by atoms with Crippen LogP contribution in [0.1, 0.15) is 53.2 Å². The second kappa shape index (κ2) is 7.35. The lowest BCUT2D eigenvalue weighted by Gasteiger charge is -2.32. The van der Waals surface area contributed by atoms with Crippen molar-refractivity contribution in [1.82, 2.24) is 19.9 Å². The Balaban J connectivity index is 1.60. The van der Waals surface area contributed by atoms with Crippen LogP contribution in [0.5, 0.6) is 0 Å². The van der Waals surface area contributed by atoms with E-state index in [1.165, 1.54) is 6.08 Å². The minimum absolute atomic E-state index is 0.184. The molecule has 1 aromatic heterocycles. The fourth-order valence-corrected chi connectivity index (χ4v) is 3.33. The summed E-state index contributed by atoms with van der Waals surface area (Å²) >= 11 is 0. The van der Waals surface area contributed by atoms with Gasteiger partial charge in [-0.05, 0) is 46.1 Å². The van der Waals surface area contributed by atoms with Crippen LogP contribution in [0.2, 0.25) is 0 Å². The first-order chi connectivity index (χ1) is 12.6. The highest BCUT2D eigenvalue weighted by Crippen LogP contribution is 2.39. The molecule has 0 radical (unpaired) electrons. The molecular weight excluding hydrogens is 350 g/mol. The van der Waals surface area contributed by atoms with Crippen molar-refractivity contribution in [3.05, 3.63) is 17.6 Å². The summed E-state index contributed by atoms with van der Waals surface area (Å²) in [5.41, 5.74) is -1.29. The molecule has 1 aromatic rings. The summed E-state index contributed by atoms with van der Waals surface area (Å²) in [5, 5.41) is 8.09. The fraction of sp³-hybridized carbons (Fsp3) is 0.722. The summed E-state index contributed by atoms with van der Waals surface area (Å²) in [6, 6.07) is 0. The number of carbonyl (C=O) groups is 1. The number of nitrogens with zero attached hydrogens (tertiary/aromatic N) is 4. The van der Waals surface area contributed by atoms with Gasteiger partial charge in [0.1, 0.15) is 11.4 Å². The van der Waals surface area contributed by atoms with E-state index in [2.05, 4.69) is 10.3 Å². The van der Waals surface area contributed by atoms with E-state index in [1.54, 1.807) is 10.9 Å². The molecule has 0 aromatic carbocycles. The summed E-state index contributed by atoms with van der Waals surface area (Å²) in [5.74, 6) is 0.524. The Labute approximate surface area is 160 Å². The highest BCUT2D eigenvalue weighted by molar-refractivity contribution is 6.54. The first kappa shape index (κ1) is 20.0. The van der Waals surface area contributed by atoms with Crippen molar-refractivity contribution in [3.63, 3.8) is 0 Å². The van der Waals surface area contributed by atoms with Crippen molar-refractivity contribution in [3.8, 4) is 0 Å². The average Bonchev–Trinajstić information content (AvgIpc) is 3.27. The first-order valence-corrected chi connectivity index (χ1v) is 9.52. The van der Waals surface area contributed by atoms with Crippen LogP contribution in [0.4, 0.5) is 4.39 Å². The van der Waals surface area contributed by atoms with Gasteiger partial charge in [-0.1, -0.05) is 12.1 Å². The smallest absolute Gasteiger partial charge is 0.398 e. The van der Waals surface area contributed by atoms with Gasteiger partial charge in [0.15, 0.2) is 0 Å². The average molecular weight is 378 g/mol. The molecule has 0 spiro atoms. The van der Waals surface area contributed by atoms with Crippen LogP contribution in [0.3, 0.4) is 0 Å². The standard InChI is InChI=1S/C18H28BFN4O3/c1-6-16(25)23-8-7-13(10-23)11-24-12-14(21-22-24)9-15(20)19-26-17(2,3)18(4,5)27-19/h9,12-13H,6-8,10-11H2,1-5H3. The van der Waals surface area contributed by atoms with Crippen LogP contribution >= 0.6 is 0 Å². The molecule has 1 amide bonds. The molecule has 2 aliphatic heterocycles. The maximum absolute atomic E-state index is 14.6. The number of carbonyl (C=O) groups excluding carboxylic acids is 1. The maximum atomic E-state index is 14.6. The van der Waals surface area contributed by atoms with E-state index in [1.807, 2.05) is 39.5 Å². The minimum Gasteiger partial charge on any atom is -0.398 e. The van der Waals surface area contributed by atoms with Crippen molar-refractivity contribution in [2.45, 2.75) is 65.2 Å². The summed E-state index contributed by atoms with van der Waals surface area (Å²) in [6.45, 7) is 11.6. The third-order valence-electron chi connectivity index (χ3n) is 5.71. The van der Waals surface area contributed by atoms with E-state index in [-0.39, 0.29) is 5.91 Å². The Kier molecular flexibility index (Phi) is 5.45. The zero-order valence-corrected chi connectivity index (χ0v) is 16.7. The van der Waals surface area contributed by atoms with Crippen LogP contribution in [0.25, 0.3) is 6.08 Å². The molecular formula is C18H28BFN4O3. The van der Waals surface area contributed by atoms with Crippen LogP contribution in [-0.2, 0) is 20.6 Å². The van der Waals surface area contributed by atoms with E-state index in [0.29, 0.717) is 24.6 Å². The molecule has 9 heteroatoms. The highest BCUT2D eigenvalue weighted by Gasteiger charge is 2.53. The molecule has 0 N–H and O–H groups in total. The Hall–Kier alpha value is -1.74. The Morgan fingerprint density at radius 1 is 1.37 bits per heavy atom. The second-order valence-corrected chi connectivity index (χ2v) is 8.33. The molecule has 3 heterocycles. The van der Waals surface area contributed by atoms with Crippen LogP contribution < -0.4 is 0 Å². The summed E-state index contributed by atoms with van der Waals surface area (Å²) in [4.78, 5) is 13.7. The van der Waals surface area contributed by atoms with Crippen molar-refractivity contribution in [1.29, 1.82) is 0 Å². The van der Waals surface area contributed by atoms with Gasteiger partial charge in [-0.15, -0.1) is 5.10 Å². The van der Waals surface area contributed by atoms with E-state index >= 15 is 0 Å². The molecule has 2 aliphatic rings. The molecule has 1 unspecified atom stereocenters. The second-order valence-electron chi connectivity index (χ2n) is 8.33. The van der Waals surface area contributed by atoms with Gasteiger partial charge in [0, 0.05) is 26.1 Å². The van der Waals surface area contributed by atoms with Crippen molar-refractivity contribution < 1.29 is 18.5 Å². The van der Waals surface area contributed by atoms with Gasteiger partial charge in [0.2, 0.25) is 5.91 Å². The molecule has 148 valence electrons. The highest BCUT2D eigenvalue weighted by atomic mass is 19.1. The number of aromatic nitrogens is 3. The predicted octanol–water partition coefficient (Wildman–Crippen LogP) is 2.48. The van der Waals surface area contributed by atoms with Crippen LogP contribution in [0, 0.1) is 5.92 Å². The lowest BCUT2D eigenvalue weighted by Crippen LogP contribution is -2.41. The van der Waals surface area contributed by atoms with E-state index in [0.717, 1.165) is 19.5 Å². The van der Waals surface area contributed by atoms with Crippen molar-refractivity contribution >= 4 is 19.1 Å². The number of likely N-dealkylation sites (tertiary alicyclic amines) is 1. The van der Waals surface area contributed by atoms with Gasteiger partial charge in [-0.3, -0.25) is 9.48 Å². The molecule has 2 saturated heterocycles. The number of hydrogen-bond donors (Lipinski definition) is 0. The Morgan fingerprint density at radius 3 is 2.67 bits per heavy atom.